The lowest BCUT2D eigenvalue weighted by atomic mass is 10.1. The molecule has 0 heterocycles. The minimum Gasteiger partial charge on any atom is -0.264 e. The minimum atomic E-state index is -4.57. The quantitative estimate of drug-likeness (QED) is 0.781. The third-order valence-electron chi connectivity index (χ3n) is 1.52. The van der Waals surface area contributed by atoms with Crippen molar-refractivity contribution in [1.29, 1.82) is 0 Å². The van der Waals surface area contributed by atoms with E-state index in [0.29, 0.717) is 5.56 Å². The molecule has 0 bridgehead atoms. The van der Waals surface area contributed by atoms with Crippen LogP contribution in [-0.4, -0.2) is 19.6 Å². The molecule has 1 aromatic rings. The normalized spacial score (nSPS) is 13.9. The van der Waals surface area contributed by atoms with Gasteiger partial charge in [0, 0.05) is 0 Å². The first-order valence-electron chi connectivity index (χ1n) is 3.80. The highest BCUT2D eigenvalue weighted by molar-refractivity contribution is 7.80. The lowest BCUT2D eigenvalue weighted by Crippen LogP contribution is -2.09. The zero-order valence-corrected chi connectivity index (χ0v) is 7.95. The molecule has 0 radical (unpaired) electrons. The van der Waals surface area contributed by atoms with E-state index in [2.05, 4.69) is 4.18 Å². The molecule has 0 amide bonds. The highest BCUT2D eigenvalue weighted by atomic mass is 32.3. The Morgan fingerprint density at radius 3 is 2.43 bits per heavy atom. The Labute approximate surface area is 81.3 Å². The summed E-state index contributed by atoms with van der Waals surface area (Å²) in [6, 6.07) is 7.95. The van der Waals surface area contributed by atoms with Gasteiger partial charge in [0.2, 0.25) is 0 Å². The molecule has 1 N–H and O–H groups in total. The molecule has 78 valence electrons. The van der Waals surface area contributed by atoms with E-state index in [-0.39, 0.29) is 0 Å². The largest absolute Gasteiger partial charge is 0.397 e. The van der Waals surface area contributed by atoms with Crippen LogP contribution in [0.25, 0.3) is 0 Å². The van der Waals surface area contributed by atoms with Crippen molar-refractivity contribution in [2.45, 2.75) is 6.17 Å². The van der Waals surface area contributed by atoms with Gasteiger partial charge in [-0.3, -0.25) is 4.55 Å². The monoisotopic (exact) mass is 220 g/mol. The maximum absolute atomic E-state index is 13.2. The summed E-state index contributed by atoms with van der Waals surface area (Å²) in [7, 11) is -4.57. The topological polar surface area (TPSA) is 63.6 Å². The third kappa shape index (κ3) is 3.82. The Balaban J connectivity index is 2.56. The van der Waals surface area contributed by atoms with Gasteiger partial charge < -0.3 is 0 Å². The lowest BCUT2D eigenvalue weighted by molar-refractivity contribution is 0.183. The van der Waals surface area contributed by atoms with E-state index >= 15 is 0 Å². The van der Waals surface area contributed by atoms with Crippen LogP contribution < -0.4 is 0 Å². The summed E-state index contributed by atoms with van der Waals surface area (Å²) >= 11 is 0. The fraction of sp³-hybridized carbons (Fsp3) is 0.250. The Kier molecular flexibility index (Phi) is 3.56. The van der Waals surface area contributed by atoms with Gasteiger partial charge in [0.25, 0.3) is 0 Å². The molecule has 0 aliphatic heterocycles. The van der Waals surface area contributed by atoms with Crippen LogP contribution in [0, 0.1) is 0 Å². The summed E-state index contributed by atoms with van der Waals surface area (Å²) in [5, 5.41) is 0. The molecule has 0 aliphatic carbocycles. The first-order chi connectivity index (χ1) is 6.49. The van der Waals surface area contributed by atoms with Crippen molar-refractivity contribution < 1.29 is 21.5 Å². The molecule has 1 atom stereocenters. The first-order valence-corrected chi connectivity index (χ1v) is 5.16. The number of halogens is 1. The van der Waals surface area contributed by atoms with Gasteiger partial charge in [0.05, 0.1) is 0 Å². The van der Waals surface area contributed by atoms with Crippen molar-refractivity contribution >= 4 is 10.4 Å². The standard InChI is InChI=1S/C8H9FO4S/c9-8(6-13-14(10,11)12)7-4-2-1-3-5-7/h1-5,8H,6H2,(H,10,11,12). The van der Waals surface area contributed by atoms with Gasteiger partial charge in [-0.05, 0) is 5.56 Å². The first kappa shape index (κ1) is 11.1. The van der Waals surface area contributed by atoms with Crippen molar-refractivity contribution in [1.82, 2.24) is 0 Å². The van der Waals surface area contributed by atoms with Crippen molar-refractivity contribution in [2.24, 2.45) is 0 Å². The second-order valence-electron chi connectivity index (χ2n) is 2.59. The second kappa shape index (κ2) is 4.50. The van der Waals surface area contributed by atoms with Crippen molar-refractivity contribution in [3.8, 4) is 0 Å². The second-order valence-corrected chi connectivity index (χ2v) is 3.68. The third-order valence-corrected chi connectivity index (χ3v) is 1.96. The molecule has 0 spiro atoms. The minimum absolute atomic E-state index is 0.302. The lowest BCUT2D eigenvalue weighted by Gasteiger charge is -2.06. The molecule has 6 heteroatoms. The number of benzene rings is 1. The van der Waals surface area contributed by atoms with Gasteiger partial charge in [-0.1, -0.05) is 30.3 Å². The maximum Gasteiger partial charge on any atom is 0.397 e. The number of hydrogen-bond donors (Lipinski definition) is 1. The van der Waals surface area contributed by atoms with Gasteiger partial charge >= 0.3 is 10.4 Å². The number of rotatable bonds is 4. The summed E-state index contributed by atoms with van der Waals surface area (Å²) in [6.45, 7) is -0.719. The maximum atomic E-state index is 13.2. The molecular formula is C8H9FO4S. The number of hydrogen-bond acceptors (Lipinski definition) is 3. The molecule has 1 unspecified atom stereocenters. The van der Waals surface area contributed by atoms with Gasteiger partial charge in [-0.2, -0.15) is 8.42 Å². The van der Waals surface area contributed by atoms with Crippen molar-refractivity contribution in [2.75, 3.05) is 6.61 Å². The predicted molar refractivity (Wildman–Crippen MR) is 47.8 cm³/mol. The Bertz CT molecular complexity index is 376. The van der Waals surface area contributed by atoms with E-state index in [1.54, 1.807) is 18.2 Å². The highest BCUT2D eigenvalue weighted by Gasteiger charge is 2.13. The molecule has 0 aliphatic rings. The molecule has 4 nitrogen and oxygen atoms in total. The van der Waals surface area contributed by atoms with E-state index in [4.69, 9.17) is 4.55 Å². The molecule has 0 saturated heterocycles. The van der Waals surface area contributed by atoms with E-state index in [1.807, 2.05) is 0 Å². The summed E-state index contributed by atoms with van der Waals surface area (Å²) in [6.07, 6.45) is -1.57. The van der Waals surface area contributed by atoms with Crippen molar-refractivity contribution in [3.05, 3.63) is 35.9 Å². The summed E-state index contributed by atoms with van der Waals surface area (Å²) in [5.74, 6) is 0. The molecule has 1 rings (SSSR count). The number of alkyl halides is 1. The van der Waals surface area contributed by atoms with Crippen LogP contribution in [0.4, 0.5) is 4.39 Å². The van der Waals surface area contributed by atoms with E-state index in [9.17, 15) is 12.8 Å². The average Bonchev–Trinajstić information content (AvgIpc) is 2.14. The smallest absolute Gasteiger partial charge is 0.264 e. The van der Waals surface area contributed by atoms with Gasteiger partial charge in [-0.15, -0.1) is 0 Å². The van der Waals surface area contributed by atoms with Crippen LogP contribution in [0.3, 0.4) is 0 Å². The summed E-state index contributed by atoms with van der Waals surface area (Å²) in [5.41, 5.74) is 0.302. The average molecular weight is 220 g/mol. The zero-order valence-electron chi connectivity index (χ0n) is 7.13. The Morgan fingerprint density at radius 1 is 1.36 bits per heavy atom. The van der Waals surface area contributed by atoms with Gasteiger partial charge in [-0.25, -0.2) is 8.57 Å². The molecule has 14 heavy (non-hydrogen) atoms. The highest BCUT2D eigenvalue weighted by Crippen LogP contribution is 2.17. The molecular weight excluding hydrogens is 211 g/mol. The van der Waals surface area contributed by atoms with Gasteiger partial charge in [0.15, 0.2) is 0 Å². The van der Waals surface area contributed by atoms with Crippen LogP contribution in [-0.2, 0) is 14.6 Å². The van der Waals surface area contributed by atoms with E-state index < -0.39 is 23.2 Å². The summed E-state index contributed by atoms with van der Waals surface area (Å²) in [4.78, 5) is 0. The van der Waals surface area contributed by atoms with Gasteiger partial charge in [0.1, 0.15) is 12.8 Å². The van der Waals surface area contributed by atoms with E-state index in [1.165, 1.54) is 12.1 Å². The van der Waals surface area contributed by atoms with E-state index in [0.717, 1.165) is 0 Å². The fourth-order valence-corrected chi connectivity index (χ4v) is 1.20. The fourth-order valence-electron chi connectivity index (χ4n) is 0.904. The Morgan fingerprint density at radius 2 is 1.93 bits per heavy atom. The van der Waals surface area contributed by atoms with Crippen LogP contribution in [0.5, 0.6) is 0 Å². The molecule has 0 fully saturated rings. The van der Waals surface area contributed by atoms with Crippen LogP contribution in [0.1, 0.15) is 11.7 Å². The summed E-state index contributed by atoms with van der Waals surface area (Å²) < 4.78 is 45.5. The van der Waals surface area contributed by atoms with Crippen LogP contribution in [0.2, 0.25) is 0 Å². The molecule has 1 aromatic carbocycles. The Hall–Kier alpha value is -0.980. The zero-order chi connectivity index (χ0) is 10.6. The van der Waals surface area contributed by atoms with Crippen molar-refractivity contribution in [3.63, 3.8) is 0 Å². The predicted octanol–water partition coefficient (Wildman–Crippen LogP) is 1.52. The van der Waals surface area contributed by atoms with Crippen LogP contribution >= 0.6 is 0 Å². The molecule has 0 saturated carbocycles. The molecule has 0 aromatic heterocycles. The van der Waals surface area contributed by atoms with Crippen LogP contribution in [0.15, 0.2) is 30.3 Å². The SMILES string of the molecule is O=S(=O)(O)OCC(F)c1ccccc1.